The van der Waals surface area contributed by atoms with Crippen molar-refractivity contribution in [2.75, 3.05) is 25.2 Å². The van der Waals surface area contributed by atoms with Crippen molar-refractivity contribution < 1.29 is 9.90 Å². The fraction of sp³-hybridized carbons (Fsp3) is 0.364. The molecular formula is C11H13NO2S2. The van der Waals surface area contributed by atoms with Gasteiger partial charge in [-0.15, -0.1) is 11.3 Å². The maximum Gasteiger partial charge on any atom is 0.252 e. The summed E-state index contributed by atoms with van der Waals surface area (Å²) in [4.78, 5) is 12.4. The van der Waals surface area contributed by atoms with E-state index in [1.807, 2.05) is 6.26 Å². The van der Waals surface area contributed by atoms with Gasteiger partial charge in [0.15, 0.2) is 0 Å². The Kier molecular flexibility index (Phi) is 6.01. The highest BCUT2D eigenvalue weighted by Crippen LogP contribution is 2.13. The van der Waals surface area contributed by atoms with Crippen LogP contribution in [0, 0.1) is 11.8 Å². The van der Waals surface area contributed by atoms with Gasteiger partial charge in [0.2, 0.25) is 0 Å². The first-order valence-electron chi connectivity index (χ1n) is 4.73. The number of hydrogen-bond donors (Lipinski definition) is 2. The molecule has 0 aliphatic carbocycles. The van der Waals surface area contributed by atoms with Crippen LogP contribution < -0.4 is 5.32 Å². The van der Waals surface area contributed by atoms with Crippen LogP contribution in [0.4, 0.5) is 0 Å². The van der Waals surface area contributed by atoms with Crippen molar-refractivity contribution in [1.29, 1.82) is 0 Å². The first kappa shape index (κ1) is 13.1. The third-order valence-electron chi connectivity index (χ3n) is 1.74. The number of carbonyl (C=O) groups is 1. The van der Waals surface area contributed by atoms with Crippen molar-refractivity contribution in [3.63, 3.8) is 0 Å². The first-order valence-corrected chi connectivity index (χ1v) is 7.00. The van der Waals surface area contributed by atoms with Gasteiger partial charge in [-0.3, -0.25) is 4.79 Å². The maximum absolute atomic E-state index is 11.6. The lowest BCUT2D eigenvalue weighted by Crippen LogP contribution is -2.25. The third kappa shape index (κ3) is 4.27. The Morgan fingerprint density at radius 3 is 3.19 bits per heavy atom. The van der Waals surface area contributed by atoms with Crippen molar-refractivity contribution >= 4 is 29.0 Å². The summed E-state index contributed by atoms with van der Waals surface area (Å²) in [6.45, 7) is 0.515. The third-order valence-corrected chi connectivity index (χ3v) is 3.20. The molecule has 1 amide bonds. The number of carbonyl (C=O) groups excluding carboxylic acids is 1. The van der Waals surface area contributed by atoms with Crippen LogP contribution in [0.2, 0.25) is 0 Å². The van der Waals surface area contributed by atoms with Crippen molar-refractivity contribution in [2.24, 2.45) is 0 Å². The van der Waals surface area contributed by atoms with Crippen LogP contribution >= 0.6 is 23.1 Å². The molecule has 0 saturated heterocycles. The average molecular weight is 255 g/mol. The van der Waals surface area contributed by atoms with E-state index in [1.165, 1.54) is 11.3 Å². The van der Waals surface area contributed by atoms with E-state index in [0.717, 1.165) is 10.6 Å². The molecule has 0 aliphatic rings. The number of thiophene rings is 1. The number of rotatable bonds is 4. The van der Waals surface area contributed by atoms with Gasteiger partial charge in [-0.05, 0) is 12.3 Å². The van der Waals surface area contributed by atoms with Gasteiger partial charge in [0.1, 0.15) is 6.61 Å². The zero-order valence-corrected chi connectivity index (χ0v) is 10.6. The molecule has 0 aromatic carbocycles. The molecule has 0 unspecified atom stereocenters. The molecule has 1 heterocycles. The summed E-state index contributed by atoms with van der Waals surface area (Å²) in [7, 11) is 0. The molecule has 0 radical (unpaired) electrons. The fourth-order valence-corrected chi connectivity index (χ4v) is 2.08. The standard InChI is InChI=1S/C11H13NO2S2/c1-15-6-4-12-11(14)9-7-10(16-8-9)3-2-5-13/h7-8,13H,4-6H2,1H3,(H,12,14). The van der Waals surface area contributed by atoms with Gasteiger partial charge in [0, 0.05) is 17.7 Å². The van der Waals surface area contributed by atoms with E-state index in [-0.39, 0.29) is 12.5 Å². The molecule has 0 atom stereocenters. The van der Waals surface area contributed by atoms with Crippen LogP contribution in [0.1, 0.15) is 15.2 Å². The van der Waals surface area contributed by atoms with Crippen molar-refractivity contribution in [3.05, 3.63) is 21.9 Å². The smallest absolute Gasteiger partial charge is 0.252 e. The molecule has 1 aromatic rings. The van der Waals surface area contributed by atoms with Gasteiger partial charge in [0.05, 0.1) is 10.4 Å². The molecule has 0 saturated carbocycles. The molecule has 16 heavy (non-hydrogen) atoms. The van der Waals surface area contributed by atoms with Crippen molar-refractivity contribution in [1.82, 2.24) is 5.32 Å². The molecule has 0 bridgehead atoms. The Balaban J connectivity index is 2.53. The van der Waals surface area contributed by atoms with Crippen LogP contribution in [0.15, 0.2) is 11.4 Å². The second kappa shape index (κ2) is 7.34. The molecule has 0 aliphatic heterocycles. The quantitative estimate of drug-likeness (QED) is 0.627. The number of nitrogens with one attached hydrogen (secondary N) is 1. The van der Waals surface area contributed by atoms with Crippen LogP contribution in [0.5, 0.6) is 0 Å². The lowest BCUT2D eigenvalue weighted by molar-refractivity contribution is 0.0956. The van der Waals surface area contributed by atoms with Crippen molar-refractivity contribution in [3.8, 4) is 11.8 Å². The van der Waals surface area contributed by atoms with Gasteiger partial charge in [-0.1, -0.05) is 11.8 Å². The number of aliphatic hydroxyl groups is 1. The topological polar surface area (TPSA) is 49.3 Å². The molecule has 86 valence electrons. The molecule has 2 N–H and O–H groups in total. The van der Waals surface area contributed by atoms with Crippen LogP contribution in [0.25, 0.3) is 0 Å². The highest BCUT2D eigenvalue weighted by molar-refractivity contribution is 7.98. The molecule has 0 spiro atoms. The average Bonchev–Trinajstić information content (AvgIpc) is 2.75. The maximum atomic E-state index is 11.6. The Morgan fingerprint density at radius 2 is 2.50 bits per heavy atom. The van der Waals surface area contributed by atoms with E-state index >= 15 is 0 Å². The fourth-order valence-electron chi connectivity index (χ4n) is 1.02. The number of amides is 1. The Morgan fingerprint density at radius 1 is 1.69 bits per heavy atom. The zero-order valence-electron chi connectivity index (χ0n) is 8.95. The molecule has 1 aromatic heterocycles. The summed E-state index contributed by atoms with van der Waals surface area (Å²) >= 11 is 3.10. The highest BCUT2D eigenvalue weighted by atomic mass is 32.2. The van der Waals surface area contributed by atoms with Gasteiger partial charge < -0.3 is 10.4 Å². The Bertz CT molecular complexity index is 404. The molecule has 5 heteroatoms. The van der Waals surface area contributed by atoms with E-state index in [9.17, 15) is 4.79 Å². The molecule has 1 rings (SSSR count). The zero-order chi connectivity index (χ0) is 11.8. The van der Waals surface area contributed by atoms with E-state index in [4.69, 9.17) is 5.11 Å². The normalized spacial score (nSPS) is 9.38. The number of hydrogen-bond acceptors (Lipinski definition) is 4. The van der Waals surface area contributed by atoms with Crippen LogP contribution in [-0.4, -0.2) is 36.2 Å². The number of aliphatic hydroxyl groups excluding tert-OH is 1. The van der Waals surface area contributed by atoms with E-state index in [1.54, 1.807) is 23.2 Å². The van der Waals surface area contributed by atoms with Gasteiger partial charge in [0.25, 0.3) is 5.91 Å². The molecule has 0 fully saturated rings. The molecule has 3 nitrogen and oxygen atoms in total. The largest absolute Gasteiger partial charge is 0.384 e. The van der Waals surface area contributed by atoms with Gasteiger partial charge in [-0.2, -0.15) is 11.8 Å². The SMILES string of the molecule is CSCCNC(=O)c1csc(C#CCO)c1. The first-order chi connectivity index (χ1) is 7.77. The van der Waals surface area contributed by atoms with E-state index < -0.39 is 0 Å². The summed E-state index contributed by atoms with van der Waals surface area (Å²) in [5.41, 5.74) is 0.633. The Hall–Kier alpha value is -0.960. The lowest BCUT2D eigenvalue weighted by atomic mass is 10.3. The summed E-state index contributed by atoms with van der Waals surface area (Å²) in [5, 5.41) is 13.1. The second-order valence-corrected chi connectivity index (χ2v) is 4.81. The molecular weight excluding hydrogens is 242 g/mol. The minimum Gasteiger partial charge on any atom is -0.384 e. The van der Waals surface area contributed by atoms with Crippen LogP contribution in [0.3, 0.4) is 0 Å². The summed E-state index contributed by atoms with van der Waals surface area (Å²) in [5.74, 6) is 6.16. The predicted octanol–water partition coefficient (Wildman–Crippen LogP) is 1.18. The summed E-state index contributed by atoms with van der Waals surface area (Å²) in [6.07, 6.45) is 2.00. The Labute approximate surface area is 103 Å². The second-order valence-electron chi connectivity index (χ2n) is 2.91. The lowest BCUT2D eigenvalue weighted by Gasteiger charge is -2.00. The summed E-state index contributed by atoms with van der Waals surface area (Å²) < 4.78 is 0. The minimum atomic E-state index is -0.160. The van der Waals surface area contributed by atoms with Gasteiger partial charge in [-0.25, -0.2) is 0 Å². The van der Waals surface area contributed by atoms with E-state index in [0.29, 0.717) is 12.1 Å². The van der Waals surface area contributed by atoms with Crippen LogP contribution in [-0.2, 0) is 0 Å². The number of thioether (sulfide) groups is 1. The predicted molar refractivity (Wildman–Crippen MR) is 69.0 cm³/mol. The van der Waals surface area contributed by atoms with Gasteiger partial charge >= 0.3 is 0 Å². The summed E-state index contributed by atoms with van der Waals surface area (Å²) in [6, 6.07) is 1.74. The monoisotopic (exact) mass is 255 g/mol. The van der Waals surface area contributed by atoms with Crippen molar-refractivity contribution in [2.45, 2.75) is 0 Å². The minimum absolute atomic E-state index is 0.0673. The van der Waals surface area contributed by atoms with E-state index in [2.05, 4.69) is 17.2 Å². The highest BCUT2D eigenvalue weighted by Gasteiger charge is 2.06.